The molecule has 0 spiro atoms. The van der Waals surface area contributed by atoms with Crippen LogP contribution in [0, 0.1) is 6.92 Å². The third-order valence-electron chi connectivity index (χ3n) is 4.47. The van der Waals surface area contributed by atoms with Crippen molar-refractivity contribution in [1.29, 1.82) is 0 Å². The molecule has 4 rings (SSSR count). The van der Waals surface area contributed by atoms with E-state index in [2.05, 4.69) is 15.5 Å². The van der Waals surface area contributed by atoms with Gasteiger partial charge < -0.3 is 9.84 Å². The Hall–Kier alpha value is -2.47. The Morgan fingerprint density at radius 1 is 1.15 bits per heavy atom. The number of fused-ring (bicyclic) bond motifs is 1. The predicted molar refractivity (Wildman–Crippen MR) is 100 cm³/mol. The smallest absolute Gasteiger partial charge is 0.228 e. The van der Waals surface area contributed by atoms with Crippen molar-refractivity contribution < 1.29 is 4.52 Å². The lowest BCUT2D eigenvalue weighted by atomic mass is 9.96. The fourth-order valence-corrected chi connectivity index (χ4v) is 3.42. The molecule has 0 aliphatic heterocycles. The van der Waals surface area contributed by atoms with E-state index >= 15 is 0 Å². The molecule has 1 aromatic carbocycles. The first kappa shape index (κ1) is 17.0. The van der Waals surface area contributed by atoms with Gasteiger partial charge in [0.1, 0.15) is 5.82 Å². The molecule has 0 fully saturated rings. The second kappa shape index (κ2) is 7.41. The Morgan fingerprint density at radius 2 is 2.04 bits per heavy atom. The summed E-state index contributed by atoms with van der Waals surface area (Å²) in [6, 6.07) is 7.67. The number of rotatable bonds is 5. The number of hydrogen-bond acceptors (Lipinski definition) is 6. The van der Waals surface area contributed by atoms with Crippen LogP contribution in [0.15, 0.2) is 28.8 Å². The topological polar surface area (TPSA) is 76.7 Å². The summed E-state index contributed by atoms with van der Waals surface area (Å²) in [6.45, 7) is 2.50. The van der Waals surface area contributed by atoms with Crippen molar-refractivity contribution in [3.05, 3.63) is 52.3 Å². The molecule has 0 saturated carbocycles. The lowest BCUT2D eigenvalue weighted by Gasteiger charge is -2.20. The van der Waals surface area contributed by atoms with Gasteiger partial charge in [0.05, 0.1) is 0 Å². The summed E-state index contributed by atoms with van der Waals surface area (Å²) in [7, 11) is 0. The highest BCUT2D eigenvalue weighted by molar-refractivity contribution is 6.30. The van der Waals surface area contributed by atoms with Gasteiger partial charge in [0.15, 0.2) is 11.6 Å². The molecule has 1 aliphatic rings. The average Bonchev–Trinajstić information content (AvgIpc) is 3.06. The van der Waals surface area contributed by atoms with Gasteiger partial charge in [-0.2, -0.15) is 4.98 Å². The van der Waals surface area contributed by atoms with Crippen molar-refractivity contribution in [2.24, 2.45) is 0 Å². The monoisotopic (exact) mass is 369 g/mol. The van der Waals surface area contributed by atoms with Crippen LogP contribution in [0.5, 0.6) is 0 Å². The summed E-state index contributed by atoms with van der Waals surface area (Å²) in [5, 5.41) is 7.95. The number of anilines is 1. The molecule has 1 N–H and O–H groups in total. The summed E-state index contributed by atoms with van der Waals surface area (Å²) >= 11 is 6.14. The zero-order chi connectivity index (χ0) is 17.9. The van der Waals surface area contributed by atoms with Crippen LogP contribution in [-0.4, -0.2) is 26.7 Å². The molecule has 2 aromatic heterocycles. The zero-order valence-corrected chi connectivity index (χ0v) is 15.4. The summed E-state index contributed by atoms with van der Waals surface area (Å²) in [4.78, 5) is 13.8. The molecule has 0 unspecified atom stereocenters. The highest BCUT2D eigenvalue weighted by Gasteiger charge is 2.18. The van der Waals surface area contributed by atoms with Gasteiger partial charge in [-0.15, -0.1) is 0 Å². The molecule has 0 saturated heterocycles. The summed E-state index contributed by atoms with van der Waals surface area (Å²) in [5.74, 6) is 2.90. The molecule has 3 aromatic rings. The summed E-state index contributed by atoms with van der Waals surface area (Å²) < 4.78 is 5.17. The van der Waals surface area contributed by atoms with Gasteiger partial charge in [-0.3, -0.25) is 0 Å². The molecule has 1 aliphatic carbocycles. The molecule has 0 amide bonds. The van der Waals surface area contributed by atoms with Crippen LogP contribution in [0.3, 0.4) is 0 Å². The molecule has 6 nitrogen and oxygen atoms in total. The predicted octanol–water partition coefficient (Wildman–Crippen LogP) is 4.02. The number of benzene rings is 1. The number of hydrogen-bond donors (Lipinski definition) is 1. The third-order valence-corrected chi connectivity index (χ3v) is 4.70. The van der Waals surface area contributed by atoms with E-state index in [1.165, 1.54) is 18.4 Å². The van der Waals surface area contributed by atoms with Gasteiger partial charge in [-0.25, -0.2) is 9.97 Å². The first-order valence-electron chi connectivity index (χ1n) is 8.88. The van der Waals surface area contributed by atoms with Gasteiger partial charge in [0, 0.05) is 34.8 Å². The maximum Gasteiger partial charge on any atom is 0.228 e. The van der Waals surface area contributed by atoms with Crippen LogP contribution < -0.4 is 5.32 Å². The molecule has 134 valence electrons. The third kappa shape index (κ3) is 3.70. The molecular weight excluding hydrogens is 350 g/mol. The fourth-order valence-electron chi connectivity index (χ4n) is 3.23. The fraction of sp³-hybridized carbons (Fsp3) is 0.368. The molecule has 0 atom stereocenters. The molecule has 2 heterocycles. The van der Waals surface area contributed by atoms with Crippen LogP contribution in [0.1, 0.15) is 35.8 Å². The largest absolute Gasteiger partial charge is 0.369 e. The first-order valence-corrected chi connectivity index (χ1v) is 9.25. The van der Waals surface area contributed by atoms with Crippen molar-refractivity contribution in [2.75, 3.05) is 11.9 Å². The molecule has 0 radical (unpaired) electrons. The van der Waals surface area contributed by atoms with Crippen LogP contribution in [-0.2, 0) is 19.3 Å². The van der Waals surface area contributed by atoms with Crippen molar-refractivity contribution >= 4 is 17.4 Å². The van der Waals surface area contributed by atoms with E-state index in [9.17, 15) is 0 Å². The van der Waals surface area contributed by atoms with Crippen molar-refractivity contribution in [2.45, 2.75) is 39.0 Å². The number of aryl methyl sites for hydroxylation is 2. The standard InChI is InChI=1S/C19H20ClN5O/c1-12-22-17(26-25-12)9-10-21-19-15-7-2-3-8-16(15)23-18(24-19)13-5-4-6-14(20)11-13/h4-6,11H,2-3,7-10H2,1H3,(H,21,23,24). The summed E-state index contributed by atoms with van der Waals surface area (Å²) in [5.41, 5.74) is 3.29. The van der Waals surface area contributed by atoms with Crippen LogP contribution >= 0.6 is 11.6 Å². The number of nitrogens with one attached hydrogen (secondary N) is 1. The number of nitrogens with zero attached hydrogens (tertiary/aromatic N) is 4. The van der Waals surface area contributed by atoms with E-state index in [-0.39, 0.29) is 0 Å². The van der Waals surface area contributed by atoms with E-state index in [4.69, 9.17) is 26.1 Å². The van der Waals surface area contributed by atoms with E-state index in [0.29, 0.717) is 35.5 Å². The Morgan fingerprint density at radius 3 is 2.85 bits per heavy atom. The van der Waals surface area contributed by atoms with Crippen molar-refractivity contribution in [3.63, 3.8) is 0 Å². The zero-order valence-electron chi connectivity index (χ0n) is 14.6. The SMILES string of the molecule is Cc1noc(CCNc2nc(-c3cccc(Cl)c3)nc3c2CCCC3)n1. The van der Waals surface area contributed by atoms with Crippen molar-refractivity contribution in [3.8, 4) is 11.4 Å². The normalized spacial score (nSPS) is 13.5. The highest BCUT2D eigenvalue weighted by atomic mass is 35.5. The average molecular weight is 370 g/mol. The van der Waals surface area contributed by atoms with Gasteiger partial charge in [-0.1, -0.05) is 28.9 Å². The van der Waals surface area contributed by atoms with Crippen LogP contribution in [0.2, 0.25) is 5.02 Å². The molecular formula is C19H20ClN5O. The van der Waals surface area contributed by atoms with Crippen LogP contribution in [0.25, 0.3) is 11.4 Å². The second-order valence-corrected chi connectivity index (χ2v) is 6.89. The van der Waals surface area contributed by atoms with E-state index < -0.39 is 0 Å². The maximum atomic E-state index is 6.14. The summed E-state index contributed by atoms with van der Waals surface area (Å²) in [6.07, 6.45) is 4.99. The maximum absolute atomic E-state index is 6.14. The minimum absolute atomic E-state index is 0.632. The molecule has 7 heteroatoms. The first-order chi connectivity index (χ1) is 12.7. The lowest BCUT2D eigenvalue weighted by molar-refractivity contribution is 0.377. The van der Waals surface area contributed by atoms with Gasteiger partial charge in [0.25, 0.3) is 0 Å². The van der Waals surface area contributed by atoms with Gasteiger partial charge >= 0.3 is 0 Å². The Kier molecular flexibility index (Phi) is 4.84. The van der Waals surface area contributed by atoms with Crippen LogP contribution in [0.4, 0.5) is 5.82 Å². The van der Waals surface area contributed by atoms with E-state index in [1.54, 1.807) is 0 Å². The van der Waals surface area contributed by atoms with E-state index in [0.717, 1.165) is 29.9 Å². The van der Waals surface area contributed by atoms with E-state index in [1.807, 2.05) is 31.2 Å². The Bertz CT molecular complexity index is 924. The Balaban J connectivity index is 1.60. The molecule has 26 heavy (non-hydrogen) atoms. The lowest BCUT2D eigenvalue weighted by Crippen LogP contribution is -2.15. The van der Waals surface area contributed by atoms with Gasteiger partial charge in [-0.05, 0) is 44.7 Å². The number of halogens is 1. The molecule has 0 bridgehead atoms. The number of aromatic nitrogens is 4. The highest BCUT2D eigenvalue weighted by Crippen LogP contribution is 2.29. The van der Waals surface area contributed by atoms with Gasteiger partial charge in [0.2, 0.25) is 5.89 Å². The second-order valence-electron chi connectivity index (χ2n) is 6.45. The van der Waals surface area contributed by atoms with Crippen molar-refractivity contribution in [1.82, 2.24) is 20.1 Å². The minimum atomic E-state index is 0.632. The minimum Gasteiger partial charge on any atom is -0.369 e. The Labute approximate surface area is 157 Å². The quantitative estimate of drug-likeness (QED) is 0.731.